The summed E-state index contributed by atoms with van der Waals surface area (Å²) in [5.74, 6) is -0.260. The maximum absolute atomic E-state index is 12.8. The number of ketones is 1. The van der Waals surface area contributed by atoms with Gasteiger partial charge in [0.25, 0.3) is 0 Å². The van der Waals surface area contributed by atoms with Crippen LogP contribution in [0.3, 0.4) is 0 Å². The number of nitrogens with one attached hydrogen (secondary N) is 2. The number of rotatable bonds is 4. The lowest BCUT2D eigenvalue weighted by Gasteiger charge is -2.13. The number of urea groups is 1. The highest BCUT2D eigenvalue weighted by Crippen LogP contribution is 2.30. The first kappa shape index (κ1) is 19.2. The van der Waals surface area contributed by atoms with Gasteiger partial charge in [0.1, 0.15) is 0 Å². The summed E-state index contributed by atoms with van der Waals surface area (Å²) < 4.78 is 0. The van der Waals surface area contributed by atoms with Crippen molar-refractivity contribution in [2.75, 3.05) is 10.6 Å². The van der Waals surface area contributed by atoms with E-state index in [0.717, 1.165) is 0 Å². The minimum atomic E-state index is -0.588. The van der Waals surface area contributed by atoms with Gasteiger partial charge in [0, 0.05) is 16.1 Å². The van der Waals surface area contributed by atoms with Crippen molar-refractivity contribution < 1.29 is 9.59 Å². The molecule has 136 valence electrons. The molecule has 0 radical (unpaired) electrons. The zero-order chi connectivity index (χ0) is 19.4. The fourth-order valence-corrected chi connectivity index (χ4v) is 3.11. The van der Waals surface area contributed by atoms with Crippen LogP contribution in [0.25, 0.3) is 0 Å². The highest BCUT2D eigenvalue weighted by Gasteiger charge is 2.17. The Kier molecular flexibility index (Phi) is 6.01. The minimum absolute atomic E-state index is 0.260. The Hall–Kier alpha value is -2.53. The Labute approximate surface area is 171 Å². The molecule has 7 heteroatoms. The van der Waals surface area contributed by atoms with Crippen LogP contribution in [0.4, 0.5) is 16.2 Å². The summed E-state index contributed by atoms with van der Waals surface area (Å²) >= 11 is 18.2. The van der Waals surface area contributed by atoms with Crippen LogP contribution < -0.4 is 10.6 Å². The molecule has 0 aromatic heterocycles. The van der Waals surface area contributed by atoms with E-state index in [1.165, 1.54) is 6.07 Å². The van der Waals surface area contributed by atoms with Crippen molar-refractivity contribution in [3.8, 4) is 0 Å². The molecule has 3 aromatic rings. The molecule has 3 rings (SSSR count). The fourth-order valence-electron chi connectivity index (χ4n) is 2.44. The minimum Gasteiger partial charge on any atom is -0.307 e. The van der Waals surface area contributed by atoms with Gasteiger partial charge in [-0.2, -0.15) is 0 Å². The molecule has 3 aromatic carbocycles. The lowest BCUT2D eigenvalue weighted by atomic mass is 10.0. The molecule has 27 heavy (non-hydrogen) atoms. The third-order valence-corrected chi connectivity index (χ3v) is 4.58. The van der Waals surface area contributed by atoms with Crippen LogP contribution in [0.15, 0.2) is 66.7 Å². The largest absolute Gasteiger partial charge is 0.323 e. The second-order valence-corrected chi connectivity index (χ2v) is 6.81. The summed E-state index contributed by atoms with van der Waals surface area (Å²) in [5.41, 5.74) is 1.35. The van der Waals surface area contributed by atoms with E-state index in [-0.39, 0.29) is 17.0 Å². The van der Waals surface area contributed by atoms with E-state index in [2.05, 4.69) is 10.6 Å². The third-order valence-electron chi connectivity index (χ3n) is 3.71. The molecule has 0 heterocycles. The summed E-state index contributed by atoms with van der Waals surface area (Å²) in [5, 5.41) is 6.22. The Balaban J connectivity index is 1.87. The standard InChI is InChI=1S/C20H13Cl3N2O2/c21-13-9-10-17(14(11-13)19(26)12-5-2-1-3-6-12)24-20(27)25-18-15(22)7-4-8-16(18)23/h1-11H,(H2,24,25,27). The molecule has 0 saturated carbocycles. The van der Waals surface area contributed by atoms with Gasteiger partial charge in [-0.1, -0.05) is 71.2 Å². The van der Waals surface area contributed by atoms with Crippen molar-refractivity contribution in [3.05, 3.63) is 92.9 Å². The van der Waals surface area contributed by atoms with E-state index in [1.807, 2.05) is 6.07 Å². The quantitative estimate of drug-likeness (QED) is 0.473. The normalized spacial score (nSPS) is 10.3. The van der Waals surface area contributed by atoms with Crippen molar-refractivity contribution >= 4 is 58.0 Å². The molecule has 2 amide bonds. The average molecular weight is 420 g/mol. The number of hydrogen-bond donors (Lipinski definition) is 2. The van der Waals surface area contributed by atoms with Crippen molar-refractivity contribution in [1.82, 2.24) is 0 Å². The molecule has 0 spiro atoms. The Morgan fingerprint density at radius 2 is 1.41 bits per heavy atom. The Bertz CT molecular complexity index is 987. The molecule has 4 nitrogen and oxygen atoms in total. The van der Waals surface area contributed by atoms with E-state index in [0.29, 0.717) is 26.3 Å². The second-order valence-electron chi connectivity index (χ2n) is 5.56. The van der Waals surface area contributed by atoms with Crippen molar-refractivity contribution in [1.29, 1.82) is 0 Å². The summed E-state index contributed by atoms with van der Waals surface area (Å²) in [6, 6.07) is 17.7. The molecule has 0 fully saturated rings. The number of hydrogen-bond acceptors (Lipinski definition) is 2. The summed E-state index contributed by atoms with van der Waals surface area (Å²) in [6.07, 6.45) is 0. The molecule has 0 bridgehead atoms. The zero-order valence-electron chi connectivity index (χ0n) is 13.8. The highest BCUT2D eigenvalue weighted by atomic mass is 35.5. The van der Waals surface area contributed by atoms with E-state index in [9.17, 15) is 9.59 Å². The second kappa shape index (κ2) is 8.44. The van der Waals surface area contributed by atoms with E-state index < -0.39 is 6.03 Å². The SMILES string of the molecule is O=C(Nc1ccc(Cl)cc1C(=O)c1ccccc1)Nc1c(Cl)cccc1Cl. The van der Waals surface area contributed by atoms with E-state index in [4.69, 9.17) is 34.8 Å². The maximum Gasteiger partial charge on any atom is 0.323 e. The molecule has 0 saturated heterocycles. The van der Waals surface area contributed by atoms with Crippen LogP contribution in [0.5, 0.6) is 0 Å². The average Bonchev–Trinajstić information content (AvgIpc) is 2.66. The monoisotopic (exact) mass is 418 g/mol. The van der Waals surface area contributed by atoms with Gasteiger partial charge in [-0.25, -0.2) is 4.79 Å². The van der Waals surface area contributed by atoms with Crippen molar-refractivity contribution in [2.24, 2.45) is 0 Å². The highest BCUT2D eigenvalue weighted by molar-refractivity contribution is 6.40. The van der Waals surface area contributed by atoms with Gasteiger partial charge in [-0.05, 0) is 30.3 Å². The molecule has 0 unspecified atom stereocenters. The van der Waals surface area contributed by atoms with Crippen molar-refractivity contribution in [2.45, 2.75) is 0 Å². The summed E-state index contributed by atoms with van der Waals surface area (Å²) in [4.78, 5) is 25.2. The lowest BCUT2D eigenvalue weighted by molar-refractivity contribution is 0.103. The Morgan fingerprint density at radius 3 is 2.07 bits per heavy atom. The number of para-hydroxylation sites is 1. The molecule has 0 aliphatic carbocycles. The maximum atomic E-state index is 12.8. The molecule has 0 aliphatic heterocycles. The smallest absolute Gasteiger partial charge is 0.307 e. The van der Waals surface area contributed by atoms with Crippen LogP contribution in [-0.2, 0) is 0 Å². The van der Waals surface area contributed by atoms with Crippen LogP contribution >= 0.6 is 34.8 Å². The third kappa shape index (κ3) is 4.61. The number of halogens is 3. The predicted octanol–water partition coefficient (Wildman–Crippen LogP) is 6.52. The van der Waals surface area contributed by atoms with Crippen LogP contribution in [0, 0.1) is 0 Å². The number of benzene rings is 3. The van der Waals surface area contributed by atoms with Gasteiger partial charge in [0.2, 0.25) is 0 Å². The van der Waals surface area contributed by atoms with Gasteiger partial charge in [-0.3, -0.25) is 4.79 Å². The summed E-state index contributed by atoms with van der Waals surface area (Å²) in [6.45, 7) is 0. The van der Waals surface area contributed by atoms with E-state index >= 15 is 0 Å². The molecule has 0 atom stereocenters. The Morgan fingerprint density at radius 1 is 0.741 bits per heavy atom. The van der Waals surface area contributed by atoms with Gasteiger partial charge in [0.05, 0.1) is 21.4 Å². The molecule has 0 aliphatic rings. The number of amides is 2. The van der Waals surface area contributed by atoms with Crippen LogP contribution in [-0.4, -0.2) is 11.8 Å². The number of anilines is 2. The number of carbonyl (C=O) groups excluding carboxylic acids is 2. The first-order valence-corrected chi connectivity index (χ1v) is 9.00. The first-order chi connectivity index (χ1) is 13.0. The molecular formula is C20H13Cl3N2O2. The zero-order valence-corrected chi connectivity index (χ0v) is 16.1. The topological polar surface area (TPSA) is 58.2 Å². The van der Waals surface area contributed by atoms with Crippen LogP contribution in [0.2, 0.25) is 15.1 Å². The number of carbonyl (C=O) groups is 2. The predicted molar refractivity (Wildman–Crippen MR) is 110 cm³/mol. The van der Waals surface area contributed by atoms with Crippen molar-refractivity contribution in [3.63, 3.8) is 0 Å². The lowest BCUT2D eigenvalue weighted by Crippen LogP contribution is -2.21. The van der Waals surface area contributed by atoms with Gasteiger partial charge < -0.3 is 10.6 Å². The van der Waals surface area contributed by atoms with E-state index in [1.54, 1.807) is 54.6 Å². The van der Waals surface area contributed by atoms with Gasteiger partial charge >= 0.3 is 6.03 Å². The van der Waals surface area contributed by atoms with Gasteiger partial charge in [0.15, 0.2) is 5.78 Å². The molecular weight excluding hydrogens is 407 g/mol. The summed E-state index contributed by atoms with van der Waals surface area (Å²) in [7, 11) is 0. The first-order valence-electron chi connectivity index (χ1n) is 7.87. The van der Waals surface area contributed by atoms with Crippen LogP contribution in [0.1, 0.15) is 15.9 Å². The molecule has 2 N–H and O–H groups in total. The van der Waals surface area contributed by atoms with Gasteiger partial charge in [-0.15, -0.1) is 0 Å². The fraction of sp³-hybridized carbons (Fsp3) is 0.